The number of hydrogen-bond acceptors (Lipinski definition) is 2. The molecule has 0 aliphatic rings. The molecule has 2 atom stereocenters. The molecule has 0 spiro atoms. The first-order chi connectivity index (χ1) is 22.7. The third-order valence-electron chi connectivity index (χ3n) is 8.66. The molecule has 2 N–H and O–H groups in total. The predicted molar refractivity (Wildman–Crippen MR) is 216 cm³/mol. The van der Waals surface area contributed by atoms with E-state index in [-0.39, 0.29) is 19.5 Å². The minimum Gasteiger partial charge on any atom is -0.325 e. The first kappa shape index (κ1) is 40.9. The SMILES string of the molecule is Cc1cc(C)cc(P(c2cc(C)cc(C)c2)[C@@H](C)C[C@H](C)P(c2cc(C)cc(C)c2)c2cc(C)cc(C)c2)c1.Cc1cccc(CN)n1.[Ru]. The quantitative estimate of drug-likeness (QED) is 0.120. The molecule has 260 valence electrons. The van der Waals surface area contributed by atoms with Gasteiger partial charge < -0.3 is 5.73 Å². The molecule has 0 saturated carbocycles. The summed E-state index contributed by atoms with van der Waals surface area (Å²) < 4.78 is 0. The summed E-state index contributed by atoms with van der Waals surface area (Å²) >= 11 is 0. The van der Waals surface area contributed by atoms with Crippen LogP contribution in [0.3, 0.4) is 0 Å². The largest absolute Gasteiger partial charge is 0.325 e. The molecule has 0 radical (unpaired) electrons. The average Bonchev–Trinajstić information content (AvgIpc) is 2.96. The van der Waals surface area contributed by atoms with E-state index in [0.29, 0.717) is 17.9 Å². The van der Waals surface area contributed by atoms with Crippen molar-refractivity contribution in [2.24, 2.45) is 5.73 Å². The van der Waals surface area contributed by atoms with Crippen molar-refractivity contribution in [1.29, 1.82) is 0 Å². The molecule has 2 nitrogen and oxygen atoms in total. The first-order valence-electron chi connectivity index (χ1n) is 17.3. The van der Waals surface area contributed by atoms with Gasteiger partial charge >= 0.3 is 0 Å². The van der Waals surface area contributed by atoms with E-state index in [0.717, 1.165) is 11.4 Å². The van der Waals surface area contributed by atoms with Crippen molar-refractivity contribution in [2.45, 2.75) is 100 Å². The Morgan fingerprint density at radius 3 is 1.00 bits per heavy atom. The molecule has 0 aliphatic carbocycles. The fourth-order valence-corrected chi connectivity index (χ4v) is 13.7. The van der Waals surface area contributed by atoms with Crippen molar-refractivity contribution in [3.63, 3.8) is 0 Å². The summed E-state index contributed by atoms with van der Waals surface area (Å²) in [5.41, 5.74) is 19.4. The molecule has 0 amide bonds. The van der Waals surface area contributed by atoms with Gasteiger partial charge in [0.05, 0.1) is 5.69 Å². The maximum Gasteiger partial charge on any atom is 0.0542 e. The van der Waals surface area contributed by atoms with Gasteiger partial charge in [0, 0.05) is 31.7 Å². The van der Waals surface area contributed by atoms with Crippen LogP contribution >= 0.6 is 15.8 Å². The van der Waals surface area contributed by atoms with Crippen LogP contribution in [0, 0.1) is 62.3 Å². The zero-order valence-electron chi connectivity index (χ0n) is 31.5. The van der Waals surface area contributed by atoms with Gasteiger partial charge in [-0.1, -0.05) is 137 Å². The number of nitrogens with two attached hydrogens (primary N) is 1. The molecule has 5 rings (SSSR count). The van der Waals surface area contributed by atoms with Gasteiger partial charge in [-0.2, -0.15) is 0 Å². The summed E-state index contributed by atoms with van der Waals surface area (Å²) in [6.07, 6.45) is 1.21. The summed E-state index contributed by atoms with van der Waals surface area (Å²) in [5.74, 6) is 0. The Hall–Kier alpha value is -2.53. The predicted octanol–water partition coefficient (Wildman–Crippen LogP) is 9.73. The zero-order valence-corrected chi connectivity index (χ0v) is 35.0. The van der Waals surface area contributed by atoms with Crippen LogP contribution in [0.25, 0.3) is 0 Å². The van der Waals surface area contributed by atoms with E-state index in [4.69, 9.17) is 5.73 Å². The van der Waals surface area contributed by atoms with E-state index in [2.05, 4.69) is 147 Å². The monoisotopic (exact) mass is 776 g/mol. The molecule has 0 saturated heterocycles. The van der Waals surface area contributed by atoms with Crippen LogP contribution in [0.2, 0.25) is 0 Å². The molecule has 49 heavy (non-hydrogen) atoms. The van der Waals surface area contributed by atoms with Crippen LogP contribution in [0.15, 0.2) is 91.0 Å². The second kappa shape index (κ2) is 18.6. The standard InChI is InChI=1S/C37H46P2.C7H10N2.Ru/c1-24-11-25(2)16-34(15-24)38(35-17-26(3)12-27(4)18-35)32(9)23-33(10)39(36-19-28(5)13-29(6)20-36)37-21-30(7)14-31(8)22-37;1-6-3-2-4-7(5-8)9-6;/h11-22,32-33H,23H2,1-10H3;2-4H,5,8H2,1H3;/t32-,33-;;/m0../s1. The van der Waals surface area contributed by atoms with E-state index >= 15 is 0 Å². The Morgan fingerprint density at radius 1 is 0.490 bits per heavy atom. The molecule has 4 aromatic carbocycles. The zero-order chi connectivity index (χ0) is 35.1. The minimum absolute atomic E-state index is 0. The number of aromatic nitrogens is 1. The normalized spacial score (nSPS) is 12.3. The summed E-state index contributed by atoms with van der Waals surface area (Å²) in [5, 5.41) is 6.09. The molecule has 1 aromatic heterocycles. The summed E-state index contributed by atoms with van der Waals surface area (Å²) in [4.78, 5) is 4.17. The topological polar surface area (TPSA) is 38.9 Å². The summed E-state index contributed by atoms with van der Waals surface area (Å²) in [6, 6.07) is 34.7. The maximum atomic E-state index is 5.36. The van der Waals surface area contributed by atoms with Crippen molar-refractivity contribution < 1.29 is 19.5 Å². The van der Waals surface area contributed by atoms with Crippen molar-refractivity contribution >= 4 is 37.1 Å². The Balaban J connectivity index is 0.000000564. The molecular formula is C44H56N2P2Ru. The van der Waals surface area contributed by atoms with Crippen molar-refractivity contribution in [2.75, 3.05) is 0 Å². The van der Waals surface area contributed by atoms with Gasteiger partial charge in [-0.3, -0.25) is 4.98 Å². The van der Waals surface area contributed by atoms with Crippen molar-refractivity contribution in [3.05, 3.63) is 147 Å². The number of pyridine rings is 1. The van der Waals surface area contributed by atoms with Gasteiger partial charge in [0.25, 0.3) is 0 Å². The van der Waals surface area contributed by atoms with Gasteiger partial charge in [-0.05, 0) is 129 Å². The van der Waals surface area contributed by atoms with E-state index in [1.165, 1.54) is 72.1 Å². The second-order valence-corrected chi connectivity index (χ2v) is 19.3. The van der Waals surface area contributed by atoms with E-state index in [1.54, 1.807) is 0 Å². The van der Waals surface area contributed by atoms with Gasteiger partial charge in [-0.15, -0.1) is 0 Å². The van der Waals surface area contributed by atoms with Crippen LogP contribution in [0.5, 0.6) is 0 Å². The molecule has 0 fully saturated rings. The van der Waals surface area contributed by atoms with Crippen LogP contribution in [0.4, 0.5) is 0 Å². The maximum absolute atomic E-state index is 5.36. The van der Waals surface area contributed by atoms with Crippen LogP contribution < -0.4 is 27.0 Å². The van der Waals surface area contributed by atoms with Gasteiger partial charge in [0.15, 0.2) is 0 Å². The first-order valence-corrected chi connectivity index (χ1v) is 20.1. The second-order valence-electron chi connectivity index (χ2n) is 14.0. The Kier molecular flexibility index (Phi) is 15.6. The van der Waals surface area contributed by atoms with Gasteiger partial charge in [-0.25, -0.2) is 0 Å². The minimum atomic E-state index is -0.487. The third-order valence-corrected chi connectivity index (χ3v) is 14.1. The molecule has 5 heteroatoms. The third kappa shape index (κ3) is 11.8. The smallest absolute Gasteiger partial charge is 0.0542 e. The molecule has 0 bridgehead atoms. The van der Waals surface area contributed by atoms with Gasteiger partial charge in [0.2, 0.25) is 0 Å². The molecular weight excluding hydrogens is 720 g/mol. The fourth-order valence-electron chi connectivity index (χ4n) is 7.09. The number of benzene rings is 4. The summed E-state index contributed by atoms with van der Waals surface area (Å²) in [7, 11) is -0.973. The number of nitrogens with zero attached hydrogens (tertiary/aromatic N) is 1. The van der Waals surface area contributed by atoms with E-state index in [1.807, 2.05) is 25.1 Å². The van der Waals surface area contributed by atoms with Crippen LogP contribution in [0.1, 0.15) is 76.2 Å². The number of hydrogen-bond donors (Lipinski definition) is 1. The van der Waals surface area contributed by atoms with Crippen LogP contribution in [-0.2, 0) is 26.0 Å². The molecule has 1 heterocycles. The Morgan fingerprint density at radius 2 is 0.776 bits per heavy atom. The number of rotatable bonds is 9. The molecule has 5 aromatic rings. The van der Waals surface area contributed by atoms with E-state index < -0.39 is 15.8 Å². The van der Waals surface area contributed by atoms with Crippen molar-refractivity contribution in [1.82, 2.24) is 4.98 Å². The fraction of sp³-hybridized carbons (Fsp3) is 0.341. The Labute approximate surface area is 313 Å². The molecule has 0 aliphatic heterocycles. The average molecular weight is 776 g/mol. The van der Waals surface area contributed by atoms with Crippen LogP contribution in [-0.4, -0.2) is 16.3 Å². The van der Waals surface area contributed by atoms with E-state index in [9.17, 15) is 0 Å². The number of aryl methyl sites for hydroxylation is 9. The van der Waals surface area contributed by atoms with Gasteiger partial charge in [0.1, 0.15) is 0 Å². The summed E-state index contributed by atoms with van der Waals surface area (Å²) in [6.45, 7) is 25.5. The Bertz CT molecular complexity index is 1550. The van der Waals surface area contributed by atoms with Crippen molar-refractivity contribution in [3.8, 4) is 0 Å². The molecule has 0 unspecified atom stereocenters.